The van der Waals surface area contributed by atoms with Crippen LogP contribution in [-0.4, -0.2) is 23.0 Å². The van der Waals surface area contributed by atoms with Crippen molar-refractivity contribution in [2.75, 3.05) is 0 Å². The first-order chi connectivity index (χ1) is 6.91. The normalized spacial score (nSPS) is 12.2. The molecule has 0 saturated carbocycles. The van der Waals surface area contributed by atoms with E-state index in [4.69, 9.17) is 5.11 Å². The van der Waals surface area contributed by atoms with E-state index in [2.05, 4.69) is 21.2 Å². The number of aliphatic carboxylic acids is 1. The Balaban J connectivity index is 2.73. The van der Waals surface area contributed by atoms with Crippen LogP contribution in [0, 0.1) is 6.92 Å². The van der Waals surface area contributed by atoms with E-state index < -0.39 is 12.0 Å². The summed E-state index contributed by atoms with van der Waals surface area (Å²) in [7, 11) is 0. The fourth-order valence-electron chi connectivity index (χ4n) is 0.901. The van der Waals surface area contributed by atoms with Crippen LogP contribution in [0.25, 0.3) is 0 Å². The fourth-order valence-corrected chi connectivity index (χ4v) is 2.34. The van der Waals surface area contributed by atoms with E-state index in [1.165, 1.54) is 18.3 Å². The molecule has 4 nitrogen and oxygen atoms in total. The largest absolute Gasteiger partial charge is 0.480 e. The smallest absolute Gasteiger partial charge is 0.325 e. The van der Waals surface area contributed by atoms with Gasteiger partial charge in [-0.1, -0.05) is 0 Å². The molecule has 0 bridgehead atoms. The Morgan fingerprint density at radius 3 is 2.60 bits per heavy atom. The van der Waals surface area contributed by atoms with Gasteiger partial charge in [0.05, 0.1) is 8.66 Å². The van der Waals surface area contributed by atoms with E-state index >= 15 is 0 Å². The van der Waals surface area contributed by atoms with Gasteiger partial charge in [-0.05, 0) is 41.4 Å². The topological polar surface area (TPSA) is 66.4 Å². The number of carboxylic acid groups (broad SMARTS) is 1. The van der Waals surface area contributed by atoms with Crippen LogP contribution in [0.2, 0.25) is 0 Å². The van der Waals surface area contributed by atoms with Gasteiger partial charge >= 0.3 is 5.97 Å². The molecule has 1 aromatic heterocycles. The molecule has 0 aliphatic rings. The van der Waals surface area contributed by atoms with Crippen molar-refractivity contribution in [3.8, 4) is 0 Å². The maximum atomic E-state index is 11.5. The van der Waals surface area contributed by atoms with Crippen LogP contribution < -0.4 is 5.32 Å². The average molecular weight is 292 g/mol. The summed E-state index contributed by atoms with van der Waals surface area (Å²) in [6, 6.07) is 0.845. The lowest BCUT2D eigenvalue weighted by Crippen LogP contribution is -2.37. The van der Waals surface area contributed by atoms with Gasteiger partial charge in [-0.2, -0.15) is 0 Å². The zero-order valence-corrected chi connectivity index (χ0v) is 10.6. The molecule has 1 rings (SSSR count). The highest BCUT2D eigenvalue weighted by Gasteiger charge is 2.17. The lowest BCUT2D eigenvalue weighted by atomic mass is 10.3. The van der Waals surface area contributed by atoms with Gasteiger partial charge in [0.25, 0.3) is 5.91 Å². The quantitative estimate of drug-likeness (QED) is 0.895. The molecule has 1 unspecified atom stereocenters. The Hall–Kier alpha value is -0.880. The van der Waals surface area contributed by atoms with Crippen LogP contribution in [0.5, 0.6) is 0 Å². The van der Waals surface area contributed by atoms with Gasteiger partial charge in [-0.3, -0.25) is 9.59 Å². The molecule has 0 aromatic carbocycles. The second-order valence-electron chi connectivity index (χ2n) is 3.10. The second-order valence-corrected chi connectivity index (χ2v) is 5.47. The van der Waals surface area contributed by atoms with Crippen molar-refractivity contribution in [2.45, 2.75) is 19.9 Å². The number of thiophene rings is 1. The summed E-state index contributed by atoms with van der Waals surface area (Å²) in [5, 5.41) is 11.0. The Morgan fingerprint density at radius 2 is 2.20 bits per heavy atom. The Bertz CT molecular complexity index is 383. The molecule has 2 N–H and O–H groups in total. The molecule has 1 atom stereocenters. The van der Waals surface area contributed by atoms with E-state index in [9.17, 15) is 9.59 Å². The zero-order valence-electron chi connectivity index (χ0n) is 8.20. The van der Waals surface area contributed by atoms with Crippen molar-refractivity contribution in [3.05, 3.63) is 20.3 Å². The maximum Gasteiger partial charge on any atom is 0.325 e. The Morgan fingerprint density at radius 1 is 1.60 bits per heavy atom. The molecule has 0 aliphatic heterocycles. The van der Waals surface area contributed by atoms with E-state index in [1.54, 1.807) is 6.07 Å². The van der Waals surface area contributed by atoms with Crippen LogP contribution in [0.15, 0.2) is 9.85 Å². The number of nitrogens with one attached hydrogen (secondary N) is 1. The van der Waals surface area contributed by atoms with Crippen molar-refractivity contribution in [3.63, 3.8) is 0 Å². The summed E-state index contributed by atoms with van der Waals surface area (Å²) in [6.45, 7) is 3.30. The van der Waals surface area contributed by atoms with Crippen molar-refractivity contribution < 1.29 is 14.7 Å². The number of carboxylic acids is 1. The number of carbonyl (C=O) groups excluding carboxylic acids is 1. The number of carbonyl (C=O) groups is 2. The van der Waals surface area contributed by atoms with Crippen molar-refractivity contribution in [1.29, 1.82) is 0 Å². The SMILES string of the molecule is Cc1cc(C(=O)NC(C)C(=O)O)sc1Br. The molecular formula is C9H10BrNO3S. The second kappa shape index (κ2) is 4.76. The van der Waals surface area contributed by atoms with E-state index in [-0.39, 0.29) is 5.91 Å². The minimum absolute atomic E-state index is 0.358. The number of rotatable bonds is 3. The monoisotopic (exact) mass is 291 g/mol. The van der Waals surface area contributed by atoms with Crippen molar-refractivity contribution >= 4 is 39.1 Å². The van der Waals surface area contributed by atoms with E-state index in [0.717, 1.165) is 9.35 Å². The van der Waals surface area contributed by atoms with Gasteiger partial charge in [-0.25, -0.2) is 0 Å². The maximum absolute atomic E-state index is 11.5. The molecule has 1 amide bonds. The molecular weight excluding hydrogens is 282 g/mol. The van der Waals surface area contributed by atoms with Gasteiger partial charge in [0.15, 0.2) is 0 Å². The molecule has 0 aliphatic carbocycles. The fraction of sp³-hybridized carbons (Fsp3) is 0.333. The highest BCUT2D eigenvalue weighted by molar-refractivity contribution is 9.11. The first-order valence-electron chi connectivity index (χ1n) is 4.21. The highest BCUT2D eigenvalue weighted by Crippen LogP contribution is 2.27. The molecule has 15 heavy (non-hydrogen) atoms. The summed E-state index contributed by atoms with van der Waals surface area (Å²) in [5.74, 6) is -1.40. The number of halogens is 1. The number of hydrogen-bond acceptors (Lipinski definition) is 3. The summed E-state index contributed by atoms with van der Waals surface area (Å²) in [5.41, 5.74) is 0.966. The lowest BCUT2D eigenvalue weighted by Gasteiger charge is -2.07. The third kappa shape index (κ3) is 3.04. The summed E-state index contributed by atoms with van der Waals surface area (Å²) < 4.78 is 0.885. The summed E-state index contributed by atoms with van der Waals surface area (Å²) in [4.78, 5) is 22.6. The highest BCUT2D eigenvalue weighted by atomic mass is 79.9. The van der Waals surface area contributed by atoms with Crippen LogP contribution in [-0.2, 0) is 4.79 Å². The molecule has 0 radical (unpaired) electrons. The molecule has 0 fully saturated rings. The average Bonchev–Trinajstić information content (AvgIpc) is 2.46. The van der Waals surface area contributed by atoms with E-state index in [1.807, 2.05) is 6.92 Å². The number of aryl methyl sites for hydroxylation is 1. The standard InChI is InChI=1S/C9H10BrNO3S/c1-4-3-6(15-7(4)10)8(12)11-5(2)9(13)14/h3,5H,1-2H3,(H,11,12)(H,13,14). The third-order valence-corrected chi connectivity index (χ3v) is 3.93. The first-order valence-corrected chi connectivity index (χ1v) is 5.82. The van der Waals surface area contributed by atoms with E-state index in [0.29, 0.717) is 4.88 Å². The Kier molecular flexibility index (Phi) is 3.87. The van der Waals surface area contributed by atoms with Gasteiger partial charge in [0.1, 0.15) is 6.04 Å². The summed E-state index contributed by atoms with van der Waals surface area (Å²) >= 11 is 4.59. The van der Waals surface area contributed by atoms with Gasteiger partial charge < -0.3 is 10.4 Å². The first kappa shape index (κ1) is 12.2. The molecule has 0 saturated heterocycles. The van der Waals surface area contributed by atoms with Crippen LogP contribution in [0.4, 0.5) is 0 Å². The van der Waals surface area contributed by atoms with Crippen molar-refractivity contribution in [2.24, 2.45) is 0 Å². The molecule has 1 heterocycles. The van der Waals surface area contributed by atoms with Gasteiger partial charge in [-0.15, -0.1) is 11.3 Å². The molecule has 82 valence electrons. The summed E-state index contributed by atoms with van der Waals surface area (Å²) in [6.07, 6.45) is 0. The minimum atomic E-state index is -1.05. The van der Waals surface area contributed by atoms with Crippen LogP contribution in [0.3, 0.4) is 0 Å². The minimum Gasteiger partial charge on any atom is -0.480 e. The lowest BCUT2D eigenvalue weighted by molar-refractivity contribution is -0.138. The Labute approximate surface area is 99.4 Å². The van der Waals surface area contributed by atoms with Crippen molar-refractivity contribution in [1.82, 2.24) is 5.32 Å². The zero-order chi connectivity index (χ0) is 11.6. The molecule has 1 aromatic rings. The predicted octanol–water partition coefficient (Wildman–Crippen LogP) is 2.02. The molecule has 0 spiro atoms. The predicted molar refractivity (Wildman–Crippen MR) is 61.3 cm³/mol. The van der Waals surface area contributed by atoms with Gasteiger partial charge in [0, 0.05) is 0 Å². The van der Waals surface area contributed by atoms with Crippen LogP contribution in [0.1, 0.15) is 22.2 Å². The number of amides is 1. The molecule has 6 heteroatoms. The van der Waals surface area contributed by atoms with Gasteiger partial charge in [0.2, 0.25) is 0 Å². The number of hydrogen-bond donors (Lipinski definition) is 2. The third-order valence-electron chi connectivity index (χ3n) is 1.80. The van der Waals surface area contributed by atoms with Crippen LogP contribution >= 0.6 is 27.3 Å².